The first-order valence-corrected chi connectivity index (χ1v) is 7.64. The number of methoxy groups -OCH3 is 2. The lowest BCUT2D eigenvalue weighted by atomic mass is 10.0. The molecule has 0 saturated heterocycles. The fourth-order valence-electron chi connectivity index (χ4n) is 2.41. The van der Waals surface area contributed by atoms with Crippen LogP contribution in [0.4, 0.5) is 0 Å². The number of carbonyl (C=O) groups is 1. The first kappa shape index (κ1) is 13.6. The van der Waals surface area contributed by atoms with Gasteiger partial charge in [-0.15, -0.1) is 0 Å². The van der Waals surface area contributed by atoms with Crippen LogP contribution in [-0.4, -0.2) is 28.4 Å². The summed E-state index contributed by atoms with van der Waals surface area (Å²) in [4.78, 5) is 12.5. The Morgan fingerprint density at radius 3 is 2.14 bits per heavy atom. The van der Waals surface area contributed by atoms with Gasteiger partial charge in [-0.2, -0.15) is 0 Å². The second-order valence-corrected chi connectivity index (χ2v) is 6.42. The second-order valence-electron chi connectivity index (χ2n) is 4.53. The Hall–Kier alpha value is -2.34. The highest BCUT2D eigenvalue weighted by Crippen LogP contribution is 2.40. The van der Waals surface area contributed by atoms with E-state index in [0.29, 0.717) is 5.75 Å². The number of carbonyl (C=O) groups excluding carboxylic acids is 1. The Morgan fingerprint density at radius 1 is 0.857 bits per heavy atom. The normalized spacial score (nSPS) is 15.0. The van der Waals surface area contributed by atoms with Crippen molar-refractivity contribution in [3.05, 3.63) is 47.5 Å². The van der Waals surface area contributed by atoms with E-state index in [4.69, 9.17) is 9.47 Å². The zero-order valence-electron chi connectivity index (χ0n) is 11.4. The summed E-state index contributed by atoms with van der Waals surface area (Å²) in [6.45, 7) is 0. The van der Waals surface area contributed by atoms with Crippen molar-refractivity contribution in [3.8, 4) is 11.5 Å². The van der Waals surface area contributed by atoms with Gasteiger partial charge in [0, 0.05) is 17.2 Å². The first-order chi connectivity index (χ1) is 10.0. The summed E-state index contributed by atoms with van der Waals surface area (Å²) in [5.41, 5.74) is 0.281. The number of hydrogen-bond acceptors (Lipinski definition) is 5. The van der Waals surface area contributed by atoms with Gasteiger partial charge in [0.15, 0.2) is 17.3 Å². The molecule has 0 N–H and O–H groups in total. The van der Waals surface area contributed by atoms with Gasteiger partial charge in [-0.3, -0.25) is 4.79 Å². The van der Waals surface area contributed by atoms with Crippen molar-refractivity contribution < 1.29 is 22.7 Å². The molecule has 0 saturated carbocycles. The molecule has 1 aliphatic rings. The third-order valence-corrected chi connectivity index (χ3v) is 5.29. The molecule has 0 unspecified atom stereocenters. The average molecular weight is 304 g/mol. The quantitative estimate of drug-likeness (QED) is 0.725. The predicted molar refractivity (Wildman–Crippen MR) is 74.9 cm³/mol. The summed E-state index contributed by atoms with van der Waals surface area (Å²) in [5, 5.41) is 0. The minimum Gasteiger partial charge on any atom is -0.493 e. The molecular formula is C15H12O5S. The molecule has 0 aliphatic carbocycles. The Kier molecular flexibility index (Phi) is 2.98. The molecule has 0 fully saturated rings. The topological polar surface area (TPSA) is 69.7 Å². The van der Waals surface area contributed by atoms with Crippen LogP contribution in [-0.2, 0) is 9.84 Å². The molecule has 2 aromatic carbocycles. The van der Waals surface area contributed by atoms with Crippen LogP contribution in [0.3, 0.4) is 0 Å². The minimum atomic E-state index is -3.75. The highest BCUT2D eigenvalue weighted by atomic mass is 32.2. The Morgan fingerprint density at radius 2 is 1.48 bits per heavy atom. The maximum atomic E-state index is 12.7. The summed E-state index contributed by atoms with van der Waals surface area (Å²) >= 11 is 0. The standard InChI is InChI=1S/C15H12O5S/c1-19-11-7-10-14(8-12(11)20-2)21(17,18)13-6-4-3-5-9(13)15(10)16/h3-8H,1-2H3. The highest BCUT2D eigenvalue weighted by molar-refractivity contribution is 7.91. The molecule has 3 rings (SSSR count). The van der Waals surface area contributed by atoms with Gasteiger partial charge in [0.05, 0.1) is 24.0 Å². The van der Waals surface area contributed by atoms with Crippen molar-refractivity contribution in [2.45, 2.75) is 9.79 Å². The van der Waals surface area contributed by atoms with Crippen molar-refractivity contribution in [1.29, 1.82) is 0 Å². The van der Waals surface area contributed by atoms with Crippen LogP contribution >= 0.6 is 0 Å². The van der Waals surface area contributed by atoms with E-state index in [1.807, 2.05) is 0 Å². The number of rotatable bonds is 2. The lowest BCUT2D eigenvalue weighted by Gasteiger charge is -2.20. The van der Waals surface area contributed by atoms with E-state index >= 15 is 0 Å². The maximum Gasteiger partial charge on any atom is 0.208 e. The van der Waals surface area contributed by atoms with E-state index in [1.165, 1.54) is 38.5 Å². The zero-order valence-corrected chi connectivity index (χ0v) is 12.2. The van der Waals surface area contributed by atoms with E-state index in [9.17, 15) is 13.2 Å². The van der Waals surface area contributed by atoms with Crippen LogP contribution in [0.15, 0.2) is 46.2 Å². The molecule has 0 radical (unpaired) electrons. The molecule has 21 heavy (non-hydrogen) atoms. The van der Waals surface area contributed by atoms with Crippen LogP contribution in [0.5, 0.6) is 11.5 Å². The summed E-state index contributed by atoms with van der Waals surface area (Å²) in [6.07, 6.45) is 0. The lowest BCUT2D eigenvalue weighted by Crippen LogP contribution is -2.20. The first-order valence-electron chi connectivity index (χ1n) is 6.15. The van der Waals surface area contributed by atoms with Gasteiger partial charge >= 0.3 is 0 Å². The van der Waals surface area contributed by atoms with Gasteiger partial charge in [-0.05, 0) is 18.2 Å². The molecule has 0 amide bonds. The third kappa shape index (κ3) is 1.83. The maximum absolute atomic E-state index is 12.7. The van der Waals surface area contributed by atoms with E-state index in [-0.39, 0.29) is 32.5 Å². The molecule has 0 spiro atoms. The number of fused-ring (bicyclic) bond motifs is 2. The molecule has 6 heteroatoms. The fourth-order valence-corrected chi connectivity index (χ4v) is 4.06. The van der Waals surface area contributed by atoms with E-state index in [2.05, 4.69) is 0 Å². The summed E-state index contributed by atoms with van der Waals surface area (Å²) in [6, 6.07) is 8.91. The van der Waals surface area contributed by atoms with Crippen molar-refractivity contribution >= 4 is 15.6 Å². The van der Waals surface area contributed by atoms with Crippen LogP contribution in [0.1, 0.15) is 15.9 Å². The van der Waals surface area contributed by atoms with Gasteiger partial charge in [0.2, 0.25) is 9.84 Å². The summed E-state index contributed by atoms with van der Waals surface area (Å²) < 4.78 is 35.6. The van der Waals surface area contributed by atoms with E-state index in [0.717, 1.165) is 0 Å². The van der Waals surface area contributed by atoms with Crippen molar-refractivity contribution in [3.63, 3.8) is 0 Å². The molecule has 1 heterocycles. The van der Waals surface area contributed by atoms with Crippen molar-refractivity contribution in [1.82, 2.24) is 0 Å². The molecule has 2 aromatic rings. The summed E-state index contributed by atoms with van der Waals surface area (Å²) in [5.74, 6) is 0.252. The van der Waals surface area contributed by atoms with Gasteiger partial charge in [0.25, 0.3) is 0 Å². The summed E-state index contributed by atoms with van der Waals surface area (Å²) in [7, 11) is -0.906. The predicted octanol–water partition coefficient (Wildman–Crippen LogP) is 2.08. The molecule has 108 valence electrons. The third-order valence-electron chi connectivity index (χ3n) is 3.44. The SMILES string of the molecule is COc1cc2c(cc1OC)S(=O)(=O)c1ccccc1C2=O. The molecular weight excluding hydrogens is 292 g/mol. The Balaban J connectivity index is 2.39. The van der Waals surface area contributed by atoms with Gasteiger partial charge in [-0.25, -0.2) is 8.42 Å². The smallest absolute Gasteiger partial charge is 0.208 e. The Bertz CT molecular complexity index is 852. The Labute approximate surface area is 122 Å². The molecule has 1 aliphatic heterocycles. The number of hydrogen-bond donors (Lipinski definition) is 0. The van der Waals surface area contributed by atoms with Crippen LogP contribution in [0.2, 0.25) is 0 Å². The number of sulfone groups is 1. The zero-order chi connectivity index (χ0) is 15.2. The largest absolute Gasteiger partial charge is 0.493 e. The number of benzene rings is 2. The molecule has 0 aromatic heterocycles. The average Bonchev–Trinajstić information content (AvgIpc) is 2.51. The molecule has 0 atom stereocenters. The number of ketones is 1. The second kappa shape index (κ2) is 4.60. The molecule has 0 bridgehead atoms. The van der Waals surface area contributed by atoms with E-state index < -0.39 is 9.84 Å². The van der Waals surface area contributed by atoms with Crippen molar-refractivity contribution in [2.24, 2.45) is 0 Å². The molecule has 5 nitrogen and oxygen atoms in total. The monoisotopic (exact) mass is 304 g/mol. The van der Waals surface area contributed by atoms with Gasteiger partial charge in [0.1, 0.15) is 0 Å². The minimum absolute atomic E-state index is 0.0229. The fraction of sp³-hybridized carbons (Fsp3) is 0.133. The van der Waals surface area contributed by atoms with Crippen LogP contribution in [0.25, 0.3) is 0 Å². The van der Waals surface area contributed by atoms with Crippen LogP contribution in [0, 0.1) is 0 Å². The van der Waals surface area contributed by atoms with E-state index in [1.54, 1.807) is 12.1 Å². The van der Waals surface area contributed by atoms with Crippen molar-refractivity contribution in [2.75, 3.05) is 14.2 Å². The number of ether oxygens (including phenoxy) is 2. The highest BCUT2D eigenvalue weighted by Gasteiger charge is 2.35. The van der Waals surface area contributed by atoms with Crippen LogP contribution < -0.4 is 9.47 Å². The van der Waals surface area contributed by atoms with Gasteiger partial charge < -0.3 is 9.47 Å². The van der Waals surface area contributed by atoms with Gasteiger partial charge in [-0.1, -0.05) is 12.1 Å². The lowest BCUT2D eigenvalue weighted by molar-refractivity contribution is 0.103.